The van der Waals surface area contributed by atoms with E-state index in [0.29, 0.717) is 10.7 Å². The van der Waals surface area contributed by atoms with Crippen LogP contribution < -0.4 is 0 Å². The zero-order valence-electron chi connectivity index (χ0n) is 14.7. The van der Waals surface area contributed by atoms with E-state index < -0.39 is 0 Å². The van der Waals surface area contributed by atoms with E-state index in [4.69, 9.17) is 21.0 Å². The molecule has 0 aliphatic carbocycles. The molecule has 2 aromatic heterocycles. The van der Waals surface area contributed by atoms with Crippen molar-refractivity contribution in [3.8, 4) is 11.3 Å². The number of hydrogen-bond acceptors (Lipinski definition) is 3. The molecule has 4 heteroatoms. The van der Waals surface area contributed by atoms with Crippen molar-refractivity contribution in [1.29, 1.82) is 0 Å². The van der Waals surface area contributed by atoms with E-state index in [-0.39, 0.29) is 0 Å². The number of hydrogen-bond donors (Lipinski definition) is 0. The van der Waals surface area contributed by atoms with Crippen LogP contribution in [0, 0.1) is 0 Å². The number of benzene rings is 4. The van der Waals surface area contributed by atoms with E-state index in [1.165, 1.54) is 10.8 Å². The largest absolute Gasteiger partial charge is 0.436 e. The van der Waals surface area contributed by atoms with Gasteiger partial charge in [-0.05, 0) is 28.3 Å². The number of aromatic nitrogens is 2. The molecule has 0 N–H and O–H groups in total. The zero-order chi connectivity index (χ0) is 18.7. The predicted octanol–water partition coefficient (Wildman–Crippen LogP) is 7.00. The minimum Gasteiger partial charge on any atom is -0.436 e. The van der Waals surface area contributed by atoms with Crippen LogP contribution in [0.3, 0.4) is 0 Å². The molecule has 3 nitrogen and oxygen atoms in total. The first-order chi connectivity index (χ1) is 13.8. The average Bonchev–Trinajstić information content (AvgIpc) is 3.13. The summed E-state index contributed by atoms with van der Waals surface area (Å²) in [6.07, 6.45) is 1.74. The minimum absolute atomic E-state index is 0.544. The first-order valence-corrected chi connectivity index (χ1v) is 9.42. The van der Waals surface area contributed by atoms with Crippen LogP contribution in [0.15, 0.2) is 83.4 Å². The SMILES string of the molecule is Clc1cccc(-c2cnc3oc4c5ccccc5c5ccccc5c4c3n2)c1. The Hall–Kier alpha value is -3.43. The molecule has 0 unspecified atom stereocenters. The molecule has 0 amide bonds. The third kappa shape index (κ3) is 2.17. The lowest BCUT2D eigenvalue weighted by Crippen LogP contribution is -1.87. The van der Waals surface area contributed by atoms with Crippen molar-refractivity contribution < 1.29 is 4.42 Å². The summed E-state index contributed by atoms with van der Waals surface area (Å²) in [6, 6.07) is 24.3. The Morgan fingerprint density at radius 1 is 0.750 bits per heavy atom. The van der Waals surface area contributed by atoms with Crippen LogP contribution in [0.4, 0.5) is 0 Å². The summed E-state index contributed by atoms with van der Waals surface area (Å²) in [7, 11) is 0. The van der Waals surface area contributed by atoms with Gasteiger partial charge in [0.15, 0.2) is 0 Å². The summed E-state index contributed by atoms with van der Waals surface area (Å²) in [5.74, 6) is 0. The highest BCUT2D eigenvalue weighted by Gasteiger charge is 2.17. The normalized spacial score (nSPS) is 11.8. The third-order valence-corrected chi connectivity index (χ3v) is 5.42. The van der Waals surface area contributed by atoms with Gasteiger partial charge in [-0.3, -0.25) is 0 Å². The van der Waals surface area contributed by atoms with Crippen LogP contribution in [0.25, 0.3) is 55.0 Å². The molecule has 0 atom stereocenters. The summed E-state index contributed by atoms with van der Waals surface area (Å²) in [6.45, 7) is 0. The zero-order valence-corrected chi connectivity index (χ0v) is 15.4. The summed E-state index contributed by atoms with van der Waals surface area (Å²) in [5.41, 5.74) is 3.85. The molecule has 6 rings (SSSR count). The molecule has 0 aliphatic rings. The third-order valence-electron chi connectivity index (χ3n) is 5.18. The molecule has 6 aromatic rings. The maximum atomic E-state index is 6.19. The average molecular weight is 381 g/mol. The quantitative estimate of drug-likeness (QED) is 0.288. The number of fused-ring (bicyclic) bond motifs is 8. The summed E-state index contributed by atoms with van der Waals surface area (Å²) >= 11 is 6.16. The van der Waals surface area contributed by atoms with Crippen molar-refractivity contribution in [1.82, 2.24) is 9.97 Å². The Labute approximate surface area is 165 Å². The molecular weight excluding hydrogens is 368 g/mol. The fraction of sp³-hybridized carbons (Fsp3) is 0. The number of halogens is 1. The van der Waals surface area contributed by atoms with E-state index in [0.717, 1.165) is 38.5 Å². The Morgan fingerprint density at radius 2 is 1.46 bits per heavy atom. The fourth-order valence-electron chi connectivity index (χ4n) is 3.95. The molecule has 0 fully saturated rings. The molecule has 0 radical (unpaired) electrons. The first kappa shape index (κ1) is 15.6. The van der Waals surface area contributed by atoms with Crippen molar-refractivity contribution in [3.05, 3.63) is 84.0 Å². The number of nitrogens with zero attached hydrogens (tertiary/aromatic N) is 2. The van der Waals surface area contributed by atoms with Gasteiger partial charge in [0.2, 0.25) is 5.71 Å². The second-order valence-corrected chi connectivity index (χ2v) is 7.25. The van der Waals surface area contributed by atoms with Gasteiger partial charge in [-0.25, -0.2) is 9.97 Å². The highest BCUT2D eigenvalue weighted by Crippen LogP contribution is 2.39. The molecule has 4 aromatic carbocycles. The van der Waals surface area contributed by atoms with Gasteiger partial charge in [-0.2, -0.15) is 0 Å². The molecule has 0 spiro atoms. The molecule has 0 bridgehead atoms. The molecule has 132 valence electrons. The predicted molar refractivity (Wildman–Crippen MR) is 115 cm³/mol. The second-order valence-electron chi connectivity index (χ2n) is 6.82. The Balaban J connectivity index is 1.80. The standard InChI is InChI=1S/C24H13ClN2O/c25-15-7-5-6-14(12-15)20-13-26-24-22(27-20)21-18-10-3-1-8-16(18)17-9-2-4-11-19(17)23(21)28-24/h1-13H. The van der Waals surface area contributed by atoms with Crippen LogP contribution in [0.1, 0.15) is 0 Å². The maximum Gasteiger partial charge on any atom is 0.246 e. The van der Waals surface area contributed by atoms with Gasteiger partial charge in [-0.1, -0.05) is 72.3 Å². The Bertz CT molecular complexity index is 1530. The molecule has 28 heavy (non-hydrogen) atoms. The molecular formula is C24H13ClN2O. The van der Waals surface area contributed by atoms with Crippen molar-refractivity contribution in [2.24, 2.45) is 0 Å². The molecule has 0 aliphatic heterocycles. The van der Waals surface area contributed by atoms with Gasteiger partial charge < -0.3 is 4.42 Å². The lowest BCUT2D eigenvalue weighted by Gasteiger charge is -2.05. The lowest BCUT2D eigenvalue weighted by atomic mass is 9.98. The summed E-state index contributed by atoms with van der Waals surface area (Å²) in [4.78, 5) is 9.48. The Morgan fingerprint density at radius 3 is 2.25 bits per heavy atom. The van der Waals surface area contributed by atoms with Crippen molar-refractivity contribution in [2.75, 3.05) is 0 Å². The summed E-state index contributed by atoms with van der Waals surface area (Å²) in [5, 5.41) is 6.21. The molecule has 2 heterocycles. The highest BCUT2D eigenvalue weighted by molar-refractivity contribution is 6.31. The van der Waals surface area contributed by atoms with Gasteiger partial charge in [-0.15, -0.1) is 0 Å². The lowest BCUT2D eigenvalue weighted by molar-refractivity contribution is 0.657. The van der Waals surface area contributed by atoms with Crippen LogP contribution in [-0.2, 0) is 0 Å². The van der Waals surface area contributed by atoms with Crippen molar-refractivity contribution in [2.45, 2.75) is 0 Å². The number of rotatable bonds is 1. The Kier molecular flexibility index (Phi) is 3.22. The monoisotopic (exact) mass is 380 g/mol. The second kappa shape index (κ2) is 5.78. The molecule has 0 saturated carbocycles. The van der Waals surface area contributed by atoms with Gasteiger partial charge >= 0.3 is 0 Å². The minimum atomic E-state index is 0.544. The van der Waals surface area contributed by atoms with E-state index in [9.17, 15) is 0 Å². The van der Waals surface area contributed by atoms with Gasteiger partial charge in [0.1, 0.15) is 11.1 Å². The smallest absolute Gasteiger partial charge is 0.246 e. The first-order valence-electron chi connectivity index (χ1n) is 9.04. The van der Waals surface area contributed by atoms with E-state index in [2.05, 4.69) is 41.4 Å². The fourth-order valence-corrected chi connectivity index (χ4v) is 4.14. The van der Waals surface area contributed by atoms with E-state index >= 15 is 0 Å². The van der Waals surface area contributed by atoms with Crippen molar-refractivity contribution in [3.63, 3.8) is 0 Å². The maximum absolute atomic E-state index is 6.19. The van der Waals surface area contributed by atoms with Crippen LogP contribution in [0.5, 0.6) is 0 Å². The van der Waals surface area contributed by atoms with E-state index in [1.807, 2.05) is 36.4 Å². The van der Waals surface area contributed by atoms with Crippen LogP contribution in [0.2, 0.25) is 5.02 Å². The van der Waals surface area contributed by atoms with E-state index in [1.54, 1.807) is 6.20 Å². The van der Waals surface area contributed by atoms with Crippen LogP contribution in [-0.4, -0.2) is 9.97 Å². The number of furan rings is 1. The molecule has 0 saturated heterocycles. The topological polar surface area (TPSA) is 38.9 Å². The summed E-state index contributed by atoms with van der Waals surface area (Å²) < 4.78 is 6.19. The van der Waals surface area contributed by atoms with Gasteiger partial charge in [0.25, 0.3) is 0 Å². The highest BCUT2D eigenvalue weighted by atomic mass is 35.5. The van der Waals surface area contributed by atoms with Crippen LogP contribution >= 0.6 is 11.6 Å². The van der Waals surface area contributed by atoms with Gasteiger partial charge in [0.05, 0.1) is 17.3 Å². The van der Waals surface area contributed by atoms with Gasteiger partial charge in [0, 0.05) is 16.0 Å². The van der Waals surface area contributed by atoms with Crippen molar-refractivity contribution >= 4 is 55.3 Å².